The summed E-state index contributed by atoms with van der Waals surface area (Å²) in [5.74, 6) is -1.05. The lowest BCUT2D eigenvalue weighted by molar-refractivity contribution is -0.139. The van der Waals surface area contributed by atoms with Crippen molar-refractivity contribution in [1.29, 1.82) is 0 Å². The Bertz CT molecular complexity index is 273. The molecule has 0 saturated heterocycles. The highest BCUT2D eigenvalue weighted by Crippen LogP contribution is 1.90. The van der Waals surface area contributed by atoms with Crippen molar-refractivity contribution in [2.24, 2.45) is 0 Å². The van der Waals surface area contributed by atoms with Crippen molar-refractivity contribution >= 4 is 11.8 Å². The number of nitrogens with one attached hydrogen (secondary N) is 2. The molecule has 0 aliphatic rings. The van der Waals surface area contributed by atoms with E-state index in [1.165, 1.54) is 0 Å². The summed E-state index contributed by atoms with van der Waals surface area (Å²) in [6.45, 7) is 15.5. The molecule has 0 bridgehead atoms. The molecule has 0 saturated carbocycles. The number of hydrogen-bond donors (Lipinski definition) is 2. The van der Waals surface area contributed by atoms with Gasteiger partial charge in [0.1, 0.15) is 0 Å². The van der Waals surface area contributed by atoms with E-state index in [-0.39, 0.29) is 0 Å². The summed E-state index contributed by atoms with van der Waals surface area (Å²) < 4.78 is 0. The molecule has 0 spiro atoms. The Kier molecular flexibility index (Phi) is 12.8. The van der Waals surface area contributed by atoms with Gasteiger partial charge < -0.3 is 20.4 Å². The maximum absolute atomic E-state index is 11.6. The Morgan fingerprint density at radius 2 is 1.00 bits per heavy atom. The molecular formula is C16H34N4O2. The Morgan fingerprint density at radius 3 is 1.27 bits per heavy atom. The Labute approximate surface area is 135 Å². The van der Waals surface area contributed by atoms with Crippen molar-refractivity contribution < 1.29 is 9.59 Å². The van der Waals surface area contributed by atoms with Crippen LogP contribution >= 0.6 is 0 Å². The molecule has 0 unspecified atom stereocenters. The number of amides is 2. The van der Waals surface area contributed by atoms with Gasteiger partial charge >= 0.3 is 11.8 Å². The molecule has 0 aromatic heterocycles. The van der Waals surface area contributed by atoms with E-state index in [0.29, 0.717) is 13.1 Å². The van der Waals surface area contributed by atoms with Gasteiger partial charge in [-0.25, -0.2) is 0 Å². The topological polar surface area (TPSA) is 64.7 Å². The average Bonchev–Trinajstić information content (AvgIpc) is 2.54. The summed E-state index contributed by atoms with van der Waals surface area (Å²) in [6.07, 6.45) is 1.73. The van der Waals surface area contributed by atoms with E-state index < -0.39 is 11.8 Å². The summed E-state index contributed by atoms with van der Waals surface area (Å²) >= 11 is 0. The predicted molar refractivity (Wildman–Crippen MR) is 90.8 cm³/mol. The number of nitrogens with zero attached hydrogens (tertiary/aromatic N) is 2. The molecule has 6 nitrogen and oxygen atoms in total. The van der Waals surface area contributed by atoms with Crippen LogP contribution in [0.4, 0.5) is 0 Å². The van der Waals surface area contributed by atoms with Crippen molar-refractivity contribution in [1.82, 2.24) is 20.4 Å². The van der Waals surface area contributed by atoms with Gasteiger partial charge in [-0.3, -0.25) is 9.59 Å². The van der Waals surface area contributed by atoms with Crippen LogP contribution in [0, 0.1) is 0 Å². The van der Waals surface area contributed by atoms with Crippen LogP contribution in [0.1, 0.15) is 40.5 Å². The number of rotatable bonds is 12. The van der Waals surface area contributed by atoms with Crippen LogP contribution in [0.15, 0.2) is 0 Å². The third kappa shape index (κ3) is 9.73. The molecule has 0 aromatic carbocycles. The number of carbonyl (C=O) groups is 2. The third-order valence-electron chi connectivity index (χ3n) is 3.87. The predicted octanol–water partition coefficient (Wildman–Crippen LogP) is 0.683. The van der Waals surface area contributed by atoms with Crippen LogP contribution in [0.2, 0.25) is 0 Å². The van der Waals surface area contributed by atoms with Gasteiger partial charge in [-0.15, -0.1) is 0 Å². The fraction of sp³-hybridized carbons (Fsp3) is 0.875. The highest BCUT2D eigenvalue weighted by Gasteiger charge is 2.12. The molecule has 0 atom stereocenters. The maximum atomic E-state index is 11.6. The molecule has 0 rings (SSSR count). The molecule has 0 aliphatic heterocycles. The normalized spacial score (nSPS) is 11.0. The van der Waals surface area contributed by atoms with Gasteiger partial charge in [0.05, 0.1) is 0 Å². The van der Waals surface area contributed by atoms with Crippen LogP contribution in [-0.4, -0.2) is 74.0 Å². The molecule has 0 aromatic rings. The minimum Gasteiger partial charge on any atom is -0.348 e. The van der Waals surface area contributed by atoms with E-state index in [2.05, 4.69) is 48.1 Å². The summed E-state index contributed by atoms with van der Waals surface area (Å²) in [4.78, 5) is 27.8. The quantitative estimate of drug-likeness (QED) is 0.411. The Balaban J connectivity index is 3.69. The highest BCUT2D eigenvalue weighted by molar-refractivity contribution is 6.35. The molecule has 0 radical (unpaired) electrons. The third-order valence-corrected chi connectivity index (χ3v) is 3.87. The molecular weight excluding hydrogens is 280 g/mol. The smallest absolute Gasteiger partial charge is 0.309 e. The Hall–Kier alpha value is -1.14. The molecule has 0 heterocycles. The van der Waals surface area contributed by atoms with Gasteiger partial charge in [0.15, 0.2) is 0 Å². The maximum Gasteiger partial charge on any atom is 0.309 e. The fourth-order valence-electron chi connectivity index (χ4n) is 2.25. The van der Waals surface area contributed by atoms with E-state index >= 15 is 0 Å². The average molecular weight is 314 g/mol. The van der Waals surface area contributed by atoms with Crippen LogP contribution in [0.3, 0.4) is 0 Å². The van der Waals surface area contributed by atoms with E-state index in [1.54, 1.807) is 0 Å². The lowest BCUT2D eigenvalue weighted by Crippen LogP contribution is -2.41. The molecule has 0 fully saturated rings. The second-order valence-electron chi connectivity index (χ2n) is 5.27. The first-order valence-electron chi connectivity index (χ1n) is 8.59. The molecule has 2 N–H and O–H groups in total. The van der Waals surface area contributed by atoms with E-state index in [4.69, 9.17) is 0 Å². The van der Waals surface area contributed by atoms with E-state index in [9.17, 15) is 9.59 Å². The van der Waals surface area contributed by atoms with E-state index in [1.807, 2.05) is 0 Å². The summed E-state index contributed by atoms with van der Waals surface area (Å²) in [5.41, 5.74) is 0. The number of hydrogen-bond acceptors (Lipinski definition) is 4. The molecule has 6 heteroatoms. The second kappa shape index (κ2) is 13.5. The van der Waals surface area contributed by atoms with Gasteiger partial charge in [-0.2, -0.15) is 0 Å². The summed E-state index contributed by atoms with van der Waals surface area (Å²) in [5, 5.41) is 5.34. The second-order valence-corrected chi connectivity index (χ2v) is 5.27. The van der Waals surface area contributed by atoms with Crippen molar-refractivity contribution in [2.45, 2.75) is 40.5 Å². The molecule has 2 amide bonds. The summed E-state index contributed by atoms with van der Waals surface area (Å²) in [6, 6.07) is 0. The zero-order valence-corrected chi connectivity index (χ0v) is 14.8. The minimum atomic E-state index is -0.526. The van der Waals surface area contributed by atoms with Crippen LogP contribution in [0.25, 0.3) is 0 Å². The van der Waals surface area contributed by atoms with Gasteiger partial charge in [0, 0.05) is 13.1 Å². The molecule has 130 valence electrons. The van der Waals surface area contributed by atoms with Gasteiger partial charge in [0.25, 0.3) is 0 Å². The van der Waals surface area contributed by atoms with Gasteiger partial charge in [-0.1, -0.05) is 27.7 Å². The van der Waals surface area contributed by atoms with Crippen LogP contribution in [-0.2, 0) is 9.59 Å². The minimum absolute atomic E-state index is 0.526. The summed E-state index contributed by atoms with van der Waals surface area (Å²) in [7, 11) is 0. The first-order chi connectivity index (χ1) is 10.6. The van der Waals surface area contributed by atoms with Gasteiger partial charge in [-0.05, 0) is 52.1 Å². The van der Waals surface area contributed by atoms with Crippen LogP contribution < -0.4 is 10.6 Å². The van der Waals surface area contributed by atoms with Crippen LogP contribution in [0.5, 0.6) is 0 Å². The SMILES string of the molecule is CCN(CC)CCCNC(=O)C(=O)NCCCN(CC)CC. The number of carbonyl (C=O) groups excluding carboxylic acids is 2. The highest BCUT2D eigenvalue weighted by atomic mass is 16.2. The first kappa shape index (κ1) is 20.9. The monoisotopic (exact) mass is 314 g/mol. The standard InChI is InChI=1S/C16H34N4O2/c1-5-19(6-2)13-9-11-17-15(21)16(22)18-12-10-14-20(7-3)8-4/h5-14H2,1-4H3,(H,17,21)(H,18,22). The van der Waals surface area contributed by atoms with Crippen molar-refractivity contribution in [3.8, 4) is 0 Å². The molecule has 0 aliphatic carbocycles. The lowest BCUT2D eigenvalue weighted by Gasteiger charge is -2.18. The van der Waals surface area contributed by atoms with Crippen molar-refractivity contribution in [2.75, 3.05) is 52.4 Å². The molecule has 22 heavy (non-hydrogen) atoms. The zero-order valence-electron chi connectivity index (χ0n) is 14.8. The largest absolute Gasteiger partial charge is 0.348 e. The van der Waals surface area contributed by atoms with Crippen molar-refractivity contribution in [3.63, 3.8) is 0 Å². The van der Waals surface area contributed by atoms with Gasteiger partial charge in [0.2, 0.25) is 0 Å². The van der Waals surface area contributed by atoms with Crippen molar-refractivity contribution in [3.05, 3.63) is 0 Å². The first-order valence-corrected chi connectivity index (χ1v) is 8.59. The van der Waals surface area contributed by atoms with E-state index in [0.717, 1.165) is 52.1 Å². The lowest BCUT2D eigenvalue weighted by atomic mass is 10.3. The fourth-order valence-corrected chi connectivity index (χ4v) is 2.25. The zero-order chi connectivity index (χ0) is 16.8. The Morgan fingerprint density at radius 1 is 0.682 bits per heavy atom.